The number of benzene rings is 2. The minimum atomic E-state index is -3.48. The summed E-state index contributed by atoms with van der Waals surface area (Å²) in [7, 11) is -3.48. The monoisotopic (exact) mass is 464 g/mol. The van der Waals surface area contributed by atoms with Crippen LogP contribution in [0.1, 0.15) is 43.0 Å². The van der Waals surface area contributed by atoms with E-state index < -0.39 is 10.0 Å². The Morgan fingerprint density at radius 1 is 1.11 bits per heavy atom. The Morgan fingerprint density at radius 3 is 2.43 bits per heavy atom. The SMILES string of the molecule is CCC1CCCCN1S(=O)(=O)c1ccc(NCC(=O)c2ccc(Br)cc2)cc1. The fraction of sp³-hybridized carbons (Fsp3) is 0.381. The molecule has 1 N–H and O–H groups in total. The van der Waals surface area contributed by atoms with Crippen LogP contribution in [0.4, 0.5) is 5.69 Å². The smallest absolute Gasteiger partial charge is 0.243 e. The van der Waals surface area contributed by atoms with Crippen molar-refractivity contribution in [2.45, 2.75) is 43.5 Å². The third-order valence-electron chi connectivity index (χ3n) is 5.12. The molecule has 1 unspecified atom stereocenters. The first-order valence-electron chi connectivity index (χ1n) is 9.56. The molecule has 0 radical (unpaired) electrons. The minimum Gasteiger partial charge on any atom is -0.378 e. The maximum atomic E-state index is 13.0. The topological polar surface area (TPSA) is 66.5 Å². The Balaban J connectivity index is 1.65. The highest BCUT2D eigenvalue weighted by Crippen LogP contribution is 2.27. The van der Waals surface area contributed by atoms with Crippen LogP contribution < -0.4 is 5.32 Å². The average Bonchev–Trinajstić information content (AvgIpc) is 2.72. The van der Waals surface area contributed by atoms with Crippen molar-refractivity contribution in [1.82, 2.24) is 4.31 Å². The first-order valence-corrected chi connectivity index (χ1v) is 11.8. The zero-order valence-corrected chi connectivity index (χ0v) is 18.3. The van der Waals surface area contributed by atoms with E-state index in [2.05, 4.69) is 21.2 Å². The Hall–Kier alpha value is -1.70. The van der Waals surface area contributed by atoms with Gasteiger partial charge in [0.1, 0.15) is 0 Å². The number of halogens is 1. The zero-order valence-electron chi connectivity index (χ0n) is 15.9. The van der Waals surface area contributed by atoms with Crippen LogP contribution in [-0.2, 0) is 10.0 Å². The second kappa shape index (κ2) is 9.20. The van der Waals surface area contributed by atoms with Crippen molar-refractivity contribution in [3.63, 3.8) is 0 Å². The first kappa shape index (κ1) is 21.0. The number of piperidine rings is 1. The number of ketones is 1. The zero-order chi connectivity index (χ0) is 20.1. The molecule has 1 atom stereocenters. The summed E-state index contributed by atoms with van der Waals surface area (Å²) in [4.78, 5) is 12.6. The average molecular weight is 465 g/mol. The predicted molar refractivity (Wildman–Crippen MR) is 115 cm³/mol. The summed E-state index contributed by atoms with van der Waals surface area (Å²) in [5.41, 5.74) is 1.35. The van der Waals surface area contributed by atoms with Crippen LogP contribution in [0.25, 0.3) is 0 Å². The number of carbonyl (C=O) groups is 1. The molecule has 7 heteroatoms. The third kappa shape index (κ3) is 4.82. The number of hydrogen-bond acceptors (Lipinski definition) is 4. The standard InChI is InChI=1S/C21H25BrN2O3S/c1-2-19-5-3-4-14-24(19)28(26,27)20-12-10-18(11-13-20)23-15-21(25)16-6-8-17(22)9-7-16/h6-13,19,23H,2-5,14-15H2,1H3. The second-order valence-corrected chi connectivity index (χ2v) is 9.79. The number of nitrogens with zero attached hydrogens (tertiary/aromatic N) is 1. The summed E-state index contributed by atoms with van der Waals surface area (Å²) in [6.45, 7) is 2.77. The van der Waals surface area contributed by atoms with E-state index in [-0.39, 0.29) is 18.4 Å². The molecular formula is C21H25BrN2O3S. The number of hydrogen-bond donors (Lipinski definition) is 1. The van der Waals surface area contributed by atoms with Crippen LogP contribution >= 0.6 is 15.9 Å². The highest BCUT2D eigenvalue weighted by Gasteiger charge is 2.32. The number of carbonyl (C=O) groups excluding carboxylic acids is 1. The van der Waals surface area contributed by atoms with Gasteiger partial charge in [-0.05, 0) is 55.7 Å². The van der Waals surface area contributed by atoms with E-state index >= 15 is 0 Å². The molecule has 0 saturated carbocycles. The van der Waals surface area contributed by atoms with Crippen LogP contribution in [0.2, 0.25) is 0 Å². The maximum absolute atomic E-state index is 13.0. The van der Waals surface area contributed by atoms with Crippen molar-refractivity contribution in [3.8, 4) is 0 Å². The molecule has 1 aliphatic heterocycles. The molecule has 1 saturated heterocycles. The largest absolute Gasteiger partial charge is 0.378 e. The lowest BCUT2D eigenvalue weighted by molar-refractivity contribution is 0.101. The highest BCUT2D eigenvalue weighted by molar-refractivity contribution is 9.10. The molecule has 0 aromatic heterocycles. The lowest BCUT2D eigenvalue weighted by Crippen LogP contribution is -2.43. The summed E-state index contributed by atoms with van der Waals surface area (Å²) < 4.78 is 28.6. The summed E-state index contributed by atoms with van der Waals surface area (Å²) in [6.07, 6.45) is 3.75. The summed E-state index contributed by atoms with van der Waals surface area (Å²) in [6, 6.07) is 13.9. The van der Waals surface area contributed by atoms with Crippen LogP contribution in [0.15, 0.2) is 57.9 Å². The normalized spacial score (nSPS) is 18.0. The molecule has 28 heavy (non-hydrogen) atoms. The number of Topliss-reactive ketones (excluding diaryl/α,β-unsaturated/α-hetero) is 1. The van der Waals surface area contributed by atoms with E-state index in [1.54, 1.807) is 40.7 Å². The highest BCUT2D eigenvalue weighted by atomic mass is 79.9. The number of nitrogens with one attached hydrogen (secondary N) is 1. The van der Waals surface area contributed by atoms with Crippen LogP contribution in [0.5, 0.6) is 0 Å². The fourth-order valence-electron chi connectivity index (χ4n) is 3.50. The Labute approximate surface area is 175 Å². The van der Waals surface area contributed by atoms with Crippen molar-refractivity contribution in [2.75, 3.05) is 18.4 Å². The lowest BCUT2D eigenvalue weighted by Gasteiger charge is -2.34. The lowest BCUT2D eigenvalue weighted by atomic mass is 10.0. The number of sulfonamides is 1. The molecule has 0 spiro atoms. The molecular weight excluding hydrogens is 440 g/mol. The van der Waals surface area contributed by atoms with Gasteiger partial charge < -0.3 is 5.32 Å². The van der Waals surface area contributed by atoms with E-state index in [0.29, 0.717) is 17.0 Å². The van der Waals surface area contributed by atoms with Gasteiger partial charge in [0, 0.05) is 28.3 Å². The van der Waals surface area contributed by atoms with Crippen molar-refractivity contribution >= 4 is 37.4 Å². The van der Waals surface area contributed by atoms with Gasteiger partial charge in [0.2, 0.25) is 10.0 Å². The second-order valence-electron chi connectivity index (χ2n) is 6.98. The van der Waals surface area contributed by atoms with Crippen molar-refractivity contribution in [3.05, 3.63) is 58.6 Å². The van der Waals surface area contributed by atoms with Gasteiger partial charge in [0.15, 0.2) is 5.78 Å². The molecule has 5 nitrogen and oxygen atoms in total. The number of anilines is 1. The van der Waals surface area contributed by atoms with E-state index in [9.17, 15) is 13.2 Å². The van der Waals surface area contributed by atoms with Crippen LogP contribution in [0.3, 0.4) is 0 Å². The summed E-state index contributed by atoms with van der Waals surface area (Å²) >= 11 is 3.35. The van der Waals surface area contributed by atoms with Gasteiger partial charge in [-0.3, -0.25) is 4.79 Å². The van der Waals surface area contributed by atoms with E-state index in [1.165, 1.54) is 0 Å². The molecule has 1 aliphatic rings. The fourth-order valence-corrected chi connectivity index (χ4v) is 5.53. The molecule has 1 fully saturated rings. The summed E-state index contributed by atoms with van der Waals surface area (Å²) in [5, 5.41) is 3.07. The molecule has 0 aliphatic carbocycles. The Kier molecular flexibility index (Phi) is 6.91. The maximum Gasteiger partial charge on any atom is 0.243 e. The van der Waals surface area contributed by atoms with Crippen LogP contribution in [-0.4, -0.2) is 37.6 Å². The van der Waals surface area contributed by atoms with Gasteiger partial charge in [0.25, 0.3) is 0 Å². The quantitative estimate of drug-likeness (QED) is 0.603. The Morgan fingerprint density at radius 2 is 1.79 bits per heavy atom. The molecule has 0 bridgehead atoms. The molecule has 2 aromatic rings. The van der Waals surface area contributed by atoms with Crippen molar-refractivity contribution in [1.29, 1.82) is 0 Å². The minimum absolute atomic E-state index is 0.0247. The predicted octanol–water partition coefficient (Wildman–Crippen LogP) is 4.70. The van der Waals surface area contributed by atoms with Gasteiger partial charge in [-0.1, -0.05) is 41.4 Å². The van der Waals surface area contributed by atoms with Crippen molar-refractivity contribution in [2.24, 2.45) is 0 Å². The van der Waals surface area contributed by atoms with E-state index in [4.69, 9.17) is 0 Å². The van der Waals surface area contributed by atoms with Gasteiger partial charge in [-0.15, -0.1) is 0 Å². The number of rotatable bonds is 7. The summed E-state index contributed by atoms with van der Waals surface area (Å²) in [5.74, 6) is -0.0247. The van der Waals surface area contributed by atoms with E-state index in [1.807, 2.05) is 19.1 Å². The molecule has 2 aromatic carbocycles. The third-order valence-corrected chi connectivity index (χ3v) is 7.62. The molecule has 0 amide bonds. The van der Waals surface area contributed by atoms with Gasteiger partial charge >= 0.3 is 0 Å². The van der Waals surface area contributed by atoms with Gasteiger partial charge in [-0.25, -0.2) is 8.42 Å². The molecule has 1 heterocycles. The first-order chi connectivity index (χ1) is 13.4. The Bertz CT molecular complexity index is 912. The van der Waals surface area contributed by atoms with Gasteiger partial charge in [-0.2, -0.15) is 4.31 Å². The molecule has 3 rings (SSSR count). The molecule has 150 valence electrons. The van der Waals surface area contributed by atoms with Crippen LogP contribution in [0, 0.1) is 0 Å². The van der Waals surface area contributed by atoms with Crippen molar-refractivity contribution < 1.29 is 13.2 Å². The van der Waals surface area contributed by atoms with E-state index in [0.717, 1.165) is 35.8 Å². The van der Waals surface area contributed by atoms with Gasteiger partial charge in [0.05, 0.1) is 11.4 Å².